The molecule has 284 valence electrons. The lowest BCUT2D eigenvalue weighted by Crippen LogP contribution is -2.10. The van der Waals surface area contributed by atoms with Gasteiger partial charge in [-0.2, -0.15) is 20.4 Å². The number of aryl methyl sites for hydroxylation is 2. The van der Waals surface area contributed by atoms with Crippen LogP contribution in [0.1, 0.15) is 50.7 Å². The largest absolute Gasteiger partial charge is 0.382 e. The molecule has 0 bridgehead atoms. The van der Waals surface area contributed by atoms with Crippen molar-refractivity contribution in [2.75, 3.05) is 35.4 Å². The summed E-state index contributed by atoms with van der Waals surface area (Å²) in [6, 6.07) is 15.6. The van der Waals surface area contributed by atoms with Crippen LogP contribution < -0.4 is 21.3 Å². The number of aromatic nitrogens is 12. The Labute approximate surface area is 324 Å². The van der Waals surface area contributed by atoms with Gasteiger partial charge in [0, 0.05) is 75.2 Å². The van der Waals surface area contributed by atoms with E-state index >= 15 is 0 Å². The zero-order valence-electron chi connectivity index (χ0n) is 32.6. The highest BCUT2D eigenvalue weighted by molar-refractivity contribution is 5.85. The quantitative estimate of drug-likeness (QED) is 0.136. The molecular formula is C40H44N16. The monoisotopic (exact) mass is 748 g/mol. The predicted octanol–water partition coefficient (Wildman–Crippen LogP) is 7.02. The van der Waals surface area contributed by atoms with E-state index in [0.29, 0.717) is 40.9 Å². The molecule has 0 aromatic carbocycles. The van der Waals surface area contributed by atoms with Gasteiger partial charge < -0.3 is 21.3 Å². The van der Waals surface area contributed by atoms with Crippen LogP contribution in [0.4, 0.5) is 34.9 Å². The lowest BCUT2D eigenvalue weighted by molar-refractivity contribution is 0.762. The molecule has 0 spiro atoms. The number of nitrogen functional groups attached to an aromatic ring is 1. The molecule has 0 amide bonds. The van der Waals surface area contributed by atoms with E-state index in [1.807, 2.05) is 100 Å². The Hall–Kier alpha value is -7.10. The minimum absolute atomic E-state index is 0.377. The maximum atomic E-state index is 5.98. The van der Waals surface area contributed by atoms with Crippen LogP contribution in [-0.2, 0) is 14.1 Å². The van der Waals surface area contributed by atoms with Gasteiger partial charge in [0.15, 0.2) is 23.3 Å². The smallest absolute Gasteiger partial charge is 0.158 e. The van der Waals surface area contributed by atoms with Crippen molar-refractivity contribution in [1.82, 2.24) is 59.9 Å². The number of nitrogens with zero attached hydrogens (tertiary/aromatic N) is 13. The number of anilines is 6. The van der Waals surface area contributed by atoms with E-state index in [4.69, 9.17) is 10.7 Å². The Morgan fingerprint density at radius 1 is 0.589 bits per heavy atom. The second-order valence-corrected chi connectivity index (χ2v) is 14.3. The van der Waals surface area contributed by atoms with Crippen molar-refractivity contribution >= 4 is 57.0 Å². The van der Waals surface area contributed by atoms with Gasteiger partial charge in [0.05, 0.1) is 34.5 Å². The summed E-state index contributed by atoms with van der Waals surface area (Å²) in [5.41, 5.74) is 15.1. The van der Waals surface area contributed by atoms with Crippen molar-refractivity contribution in [2.24, 2.45) is 14.1 Å². The molecule has 8 rings (SSSR count). The van der Waals surface area contributed by atoms with E-state index in [0.717, 1.165) is 61.3 Å². The second kappa shape index (κ2) is 15.7. The number of hydrogen-bond donors (Lipinski definition) is 3. The molecule has 0 aliphatic carbocycles. The zero-order valence-corrected chi connectivity index (χ0v) is 32.6. The first-order valence-corrected chi connectivity index (χ1v) is 18.1. The molecule has 0 radical (unpaired) electrons. The van der Waals surface area contributed by atoms with Crippen LogP contribution in [0.2, 0.25) is 0 Å². The van der Waals surface area contributed by atoms with E-state index in [-0.39, 0.29) is 0 Å². The summed E-state index contributed by atoms with van der Waals surface area (Å²) >= 11 is 0. The average molecular weight is 749 g/mol. The number of nitrogens with one attached hydrogen (secondary N) is 2. The zero-order chi connectivity index (χ0) is 39.5. The van der Waals surface area contributed by atoms with Crippen LogP contribution in [-0.4, -0.2) is 74.0 Å². The average Bonchev–Trinajstić information content (AvgIpc) is 3.75. The van der Waals surface area contributed by atoms with Gasteiger partial charge in [0.2, 0.25) is 0 Å². The molecule has 8 aromatic rings. The van der Waals surface area contributed by atoms with E-state index in [9.17, 15) is 0 Å². The van der Waals surface area contributed by atoms with E-state index < -0.39 is 0 Å². The molecule has 0 aliphatic rings. The van der Waals surface area contributed by atoms with Crippen LogP contribution in [0, 0.1) is 0 Å². The van der Waals surface area contributed by atoms with Crippen molar-refractivity contribution < 1.29 is 0 Å². The predicted molar refractivity (Wildman–Crippen MR) is 221 cm³/mol. The first kappa shape index (κ1) is 37.2. The van der Waals surface area contributed by atoms with Crippen LogP contribution in [0.5, 0.6) is 0 Å². The van der Waals surface area contributed by atoms with Crippen LogP contribution in [0.3, 0.4) is 0 Å². The number of nitrogens with two attached hydrogens (primary N) is 1. The normalized spacial score (nSPS) is 11.2. The van der Waals surface area contributed by atoms with Gasteiger partial charge in [-0.05, 0) is 71.5 Å². The number of hydrogen-bond acceptors (Lipinski definition) is 14. The minimum atomic E-state index is 0.377. The fraction of sp³-hybridized carbons (Fsp3) is 0.250. The highest BCUT2D eigenvalue weighted by Gasteiger charge is 2.14. The summed E-state index contributed by atoms with van der Waals surface area (Å²) in [4.78, 5) is 20.4. The van der Waals surface area contributed by atoms with Crippen LogP contribution in [0.15, 0.2) is 85.7 Å². The fourth-order valence-electron chi connectivity index (χ4n) is 5.97. The molecule has 56 heavy (non-hydrogen) atoms. The Balaban J connectivity index is 0.000000172. The molecule has 16 nitrogen and oxygen atoms in total. The Bertz CT molecular complexity index is 2640. The third kappa shape index (κ3) is 8.33. The van der Waals surface area contributed by atoms with E-state index in [2.05, 4.69) is 83.9 Å². The first-order chi connectivity index (χ1) is 26.9. The van der Waals surface area contributed by atoms with Crippen molar-refractivity contribution in [3.05, 3.63) is 96.8 Å². The molecule has 0 saturated heterocycles. The van der Waals surface area contributed by atoms with Crippen molar-refractivity contribution in [3.63, 3.8) is 0 Å². The summed E-state index contributed by atoms with van der Waals surface area (Å²) < 4.78 is 3.49. The molecule has 16 heteroatoms. The first-order valence-electron chi connectivity index (χ1n) is 18.1. The summed E-state index contributed by atoms with van der Waals surface area (Å²) in [7, 11) is 7.71. The molecule has 0 unspecified atom stereocenters. The maximum absolute atomic E-state index is 5.98. The van der Waals surface area contributed by atoms with Crippen molar-refractivity contribution in [2.45, 2.75) is 39.5 Å². The van der Waals surface area contributed by atoms with Gasteiger partial charge in [-0.25, -0.2) is 9.97 Å². The molecular weight excluding hydrogens is 705 g/mol. The lowest BCUT2D eigenvalue weighted by atomic mass is 10.1. The van der Waals surface area contributed by atoms with Crippen LogP contribution in [0.25, 0.3) is 44.3 Å². The van der Waals surface area contributed by atoms with Gasteiger partial charge in [-0.3, -0.25) is 19.3 Å². The standard InChI is InChI=1S/C21H24N8.C19H20N8/c1-13(2)14-9-20(26-23-11-14)25-19-7-6-17-18(24-19)8-15(10-22-17)16-12-29(5)27-21(16)28(3)4;1-11(2)12-7-18(25-22-9-12)24-17-5-4-15-16(23-17)6-13(8-21-15)14-10-27(3)26-19(14)20/h6-13H,1-5H3,(H,24,25,26);4-11H,1-3H3,(H2,20,26)(H,23,24,25). The van der Waals surface area contributed by atoms with E-state index in [1.54, 1.807) is 28.0 Å². The maximum Gasteiger partial charge on any atom is 0.158 e. The highest BCUT2D eigenvalue weighted by Crippen LogP contribution is 2.31. The molecule has 4 N–H and O–H groups in total. The minimum Gasteiger partial charge on any atom is -0.382 e. The van der Waals surface area contributed by atoms with Gasteiger partial charge in [0.1, 0.15) is 11.6 Å². The third-order valence-electron chi connectivity index (χ3n) is 8.98. The Morgan fingerprint density at radius 2 is 1.07 bits per heavy atom. The SMILES string of the molecule is CC(C)c1cnnc(Nc2ccc3ncc(-c4cn(C)nc4N(C)C)cc3n2)c1.CC(C)c1cnnc(Nc2ccc3ncc(-c4cn(C)nc4N)cc3n2)c1. The fourth-order valence-corrected chi connectivity index (χ4v) is 5.97. The molecule has 8 aromatic heterocycles. The highest BCUT2D eigenvalue weighted by atomic mass is 15.3. The number of pyridine rings is 4. The summed E-state index contributed by atoms with van der Waals surface area (Å²) in [6.07, 6.45) is 11.1. The summed E-state index contributed by atoms with van der Waals surface area (Å²) in [6.45, 7) is 8.49. The van der Waals surface area contributed by atoms with Gasteiger partial charge in [-0.15, -0.1) is 10.2 Å². The third-order valence-corrected chi connectivity index (χ3v) is 8.98. The van der Waals surface area contributed by atoms with Gasteiger partial charge >= 0.3 is 0 Å². The van der Waals surface area contributed by atoms with Gasteiger partial charge in [-0.1, -0.05) is 27.7 Å². The summed E-state index contributed by atoms with van der Waals surface area (Å²) in [5, 5.41) is 31.6. The molecule has 0 fully saturated rings. The molecule has 0 aliphatic heterocycles. The molecule has 0 atom stereocenters. The van der Waals surface area contributed by atoms with Crippen molar-refractivity contribution in [3.8, 4) is 22.3 Å². The molecule has 0 saturated carbocycles. The van der Waals surface area contributed by atoms with Crippen molar-refractivity contribution in [1.29, 1.82) is 0 Å². The second-order valence-electron chi connectivity index (χ2n) is 14.3. The molecule has 8 heterocycles. The Morgan fingerprint density at radius 3 is 1.54 bits per heavy atom. The lowest BCUT2D eigenvalue weighted by Gasteiger charge is -2.11. The number of rotatable bonds is 9. The van der Waals surface area contributed by atoms with E-state index in [1.165, 1.54) is 0 Å². The topological polar surface area (TPSA) is 192 Å². The van der Waals surface area contributed by atoms with Crippen LogP contribution >= 0.6 is 0 Å². The van der Waals surface area contributed by atoms with Gasteiger partial charge in [0.25, 0.3) is 0 Å². The Kier molecular flexibility index (Phi) is 10.4. The number of fused-ring (bicyclic) bond motifs is 2. The summed E-state index contributed by atoms with van der Waals surface area (Å²) in [5.74, 6) is 4.83.